The number of nitrogens with one attached hydrogen (secondary N) is 3. The van der Waals surface area contributed by atoms with Crippen LogP contribution in [0.1, 0.15) is 83.1 Å². The molecule has 3 N–H and O–H groups in total. The number of pyridine rings is 1. The summed E-state index contributed by atoms with van der Waals surface area (Å²) in [7, 11) is 0. The minimum atomic E-state index is -0.0175. The SMILES string of the molecule is O=C(NC1CCCC1)N[C@H]1CC[C@H](Nc2ncc3ccc(=O)n(C4CCCC4)c3n2)CC1. The van der Waals surface area contributed by atoms with Crippen LogP contribution in [-0.2, 0) is 0 Å². The quantitative estimate of drug-likeness (QED) is 0.658. The minimum absolute atomic E-state index is 0.0175. The predicted octanol–water partition coefficient (Wildman–Crippen LogP) is 3.87. The molecule has 0 aliphatic heterocycles. The second-order valence-electron chi connectivity index (χ2n) is 9.74. The molecular weight excluding hydrogens is 404 g/mol. The maximum atomic E-state index is 12.6. The van der Waals surface area contributed by atoms with Gasteiger partial charge in [-0.2, -0.15) is 4.98 Å². The zero-order chi connectivity index (χ0) is 21.9. The van der Waals surface area contributed by atoms with Gasteiger partial charge in [-0.1, -0.05) is 25.7 Å². The number of fused-ring (bicyclic) bond motifs is 1. The Morgan fingerprint density at radius 2 is 1.47 bits per heavy atom. The molecule has 5 rings (SSSR count). The van der Waals surface area contributed by atoms with Crippen LogP contribution in [0.25, 0.3) is 11.0 Å². The number of amides is 2. The van der Waals surface area contributed by atoms with Crippen molar-refractivity contribution < 1.29 is 4.79 Å². The Balaban J connectivity index is 1.19. The summed E-state index contributed by atoms with van der Waals surface area (Å²) in [5, 5.41) is 10.6. The molecule has 2 aromatic rings. The van der Waals surface area contributed by atoms with Crippen LogP contribution in [0.15, 0.2) is 23.1 Å². The van der Waals surface area contributed by atoms with E-state index in [0.717, 1.165) is 62.4 Å². The Morgan fingerprint density at radius 1 is 0.844 bits per heavy atom. The van der Waals surface area contributed by atoms with Crippen molar-refractivity contribution in [3.05, 3.63) is 28.7 Å². The molecule has 3 saturated carbocycles. The highest BCUT2D eigenvalue weighted by Gasteiger charge is 2.25. The van der Waals surface area contributed by atoms with Gasteiger partial charge in [0.1, 0.15) is 5.65 Å². The summed E-state index contributed by atoms with van der Waals surface area (Å²) in [4.78, 5) is 34.1. The molecule has 8 heteroatoms. The van der Waals surface area contributed by atoms with Crippen LogP contribution >= 0.6 is 0 Å². The lowest BCUT2D eigenvalue weighted by molar-refractivity contribution is 0.228. The van der Waals surface area contributed by atoms with Crippen molar-refractivity contribution in [3.8, 4) is 0 Å². The molecule has 3 fully saturated rings. The van der Waals surface area contributed by atoms with Crippen LogP contribution in [0.3, 0.4) is 0 Å². The molecule has 2 heterocycles. The fourth-order valence-electron chi connectivity index (χ4n) is 5.67. The Kier molecular flexibility index (Phi) is 6.28. The molecule has 172 valence electrons. The van der Waals surface area contributed by atoms with E-state index in [4.69, 9.17) is 4.98 Å². The average Bonchev–Trinajstić information content (AvgIpc) is 3.49. The molecule has 0 saturated heterocycles. The normalized spacial score (nSPS) is 24.6. The second-order valence-corrected chi connectivity index (χ2v) is 9.74. The van der Waals surface area contributed by atoms with E-state index in [9.17, 15) is 9.59 Å². The highest BCUT2D eigenvalue weighted by atomic mass is 16.2. The lowest BCUT2D eigenvalue weighted by Crippen LogP contribution is -2.47. The standard InChI is InChI=1S/C24H34N6O2/c31-21-14-9-16-15-25-23(29-22(16)30(21)20-7-3-4-8-20)26-18-10-12-19(13-11-18)28-24(32)27-17-5-1-2-6-17/h9,14-15,17-20H,1-8,10-13H2,(H,25,26,29)(H2,27,28,32)/t18-,19-. The third kappa shape index (κ3) is 4.74. The molecule has 3 aliphatic rings. The number of carbonyl (C=O) groups is 1. The summed E-state index contributed by atoms with van der Waals surface area (Å²) in [5.41, 5.74) is 0.761. The lowest BCUT2D eigenvalue weighted by Gasteiger charge is -2.30. The molecular formula is C24H34N6O2. The lowest BCUT2D eigenvalue weighted by atomic mass is 9.91. The number of urea groups is 1. The van der Waals surface area contributed by atoms with Crippen LogP contribution in [0.2, 0.25) is 0 Å². The largest absolute Gasteiger partial charge is 0.351 e. The zero-order valence-electron chi connectivity index (χ0n) is 18.7. The van der Waals surface area contributed by atoms with Gasteiger partial charge < -0.3 is 16.0 Å². The van der Waals surface area contributed by atoms with E-state index >= 15 is 0 Å². The summed E-state index contributed by atoms with van der Waals surface area (Å²) in [6.45, 7) is 0. The molecule has 0 aromatic carbocycles. The Labute approximate surface area is 188 Å². The molecule has 3 aliphatic carbocycles. The first-order valence-corrected chi connectivity index (χ1v) is 12.4. The molecule has 0 bridgehead atoms. The van der Waals surface area contributed by atoms with E-state index in [0.29, 0.717) is 12.0 Å². The topological polar surface area (TPSA) is 101 Å². The van der Waals surface area contributed by atoms with Crippen molar-refractivity contribution in [3.63, 3.8) is 0 Å². The number of carbonyl (C=O) groups excluding carboxylic acids is 1. The van der Waals surface area contributed by atoms with E-state index in [-0.39, 0.29) is 29.7 Å². The van der Waals surface area contributed by atoms with Crippen LogP contribution in [0, 0.1) is 0 Å². The Hall–Kier alpha value is -2.64. The van der Waals surface area contributed by atoms with Gasteiger partial charge in [-0.3, -0.25) is 9.36 Å². The van der Waals surface area contributed by atoms with Gasteiger partial charge in [-0.15, -0.1) is 0 Å². The van der Waals surface area contributed by atoms with Gasteiger partial charge in [0, 0.05) is 41.8 Å². The highest BCUT2D eigenvalue weighted by Crippen LogP contribution is 2.30. The second kappa shape index (κ2) is 9.46. The first-order valence-electron chi connectivity index (χ1n) is 12.4. The Morgan fingerprint density at radius 3 is 2.19 bits per heavy atom. The van der Waals surface area contributed by atoms with Gasteiger partial charge in [-0.25, -0.2) is 9.78 Å². The molecule has 32 heavy (non-hydrogen) atoms. The van der Waals surface area contributed by atoms with E-state index in [1.54, 1.807) is 6.07 Å². The number of hydrogen-bond donors (Lipinski definition) is 3. The van der Waals surface area contributed by atoms with Gasteiger partial charge in [0.15, 0.2) is 0 Å². The summed E-state index contributed by atoms with van der Waals surface area (Å²) in [5.74, 6) is 0.588. The van der Waals surface area contributed by atoms with Gasteiger partial charge in [0.05, 0.1) is 0 Å². The zero-order valence-corrected chi connectivity index (χ0v) is 18.7. The van der Waals surface area contributed by atoms with Crippen molar-refractivity contribution in [2.45, 2.75) is 101 Å². The minimum Gasteiger partial charge on any atom is -0.351 e. The van der Waals surface area contributed by atoms with Crippen LogP contribution in [0.4, 0.5) is 10.7 Å². The van der Waals surface area contributed by atoms with Crippen molar-refractivity contribution in [1.29, 1.82) is 0 Å². The maximum Gasteiger partial charge on any atom is 0.315 e. The first kappa shape index (κ1) is 21.2. The van der Waals surface area contributed by atoms with Crippen LogP contribution in [0.5, 0.6) is 0 Å². The van der Waals surface area contributed by atoms with E-state index in [2.05, 4.69) is 20.9 Å². The average molecular weight is 439 g/mol. The van der Waals surface area contributed by atoms with Crippen molar-refractivity contribution in [2.24, 2.45) is 0 Å². The summed E-state index contributed by atoms with van der Waals surface area (Å²) in [6, 6.07) is 4.52. The molecule has 0 unspecified atom stereocenters. The van der Waals surface area contributed by atoms with Crippen LogP contribution in [-0.4, -0.2) is 38.7 Å². The van der Waals surface area contributed by atoms with E-state index in [1.807, 2.05) is 16.8 Å². The third-order valence-corrected chi connectivity index (χ3v) is 7.44. The molecule has 0 atom stereocenters. The summed E-state index contributed by atoms with van der Waals surface area (Å²) in [6.07, 6.45) is 14.7. The third-order valence-electron chi connectivity index (χ3n) is 7.44. The summed E-state index contributed by atoms with van der Waals surface area (Å²) >= 11 is 0. The van der Waals surface area contributed by atoms with Gasteiger partial charge in [0.2, 0.25) is 5.95 Å². The molecule has 0 radical (unpaired) electrons. The number of nitrogens with zero attached hydrogens (tertiary/aromatic N) is 3. The fourth-order valence-corrected chi connectivity index (χ4v) is 5.67. The number of rotatable bonds is 5. The predicted molar refractivity (Wildman–Crippen MR) is 125 cm³/mol. The number of hydrogen-bond acceptors (Lipinski definition) is 5. The smallest absolute Gasteiger partial charge is 0.315 e. The summed E-state index contributed by atoms with van der Waals surface area (Å²) < 4.78 is 1.87. The van der Waals surface area contributed by atoms with Crippen molar-refractivity contribution in [1.82, 2.24) is 25.2 Å². The number of anilines is 1. The maximum absolute atomic E-state index is 12.6. The monoisotopic (exact) mass is 438 g/mol. The molecule has 2 amide bonds. The van der Waals surface area contributed by atoms with Crippen molar-refractivity contribution >= 4 is 23.0 Å². The fraction of sp³-hybridized carbons (Fsp3) is 0.667. The van der Waals surface area contributed by atoms with Crippen molar-refractivity contribution in [2.75, 3.05) is 5.32 Å². The first-order chi connectivity index (χ1) is 15.7. The Bertz CT molecular complexity index is 1000. The van der Waals surface area contributed by atoms with E-state index in [1.165, 1.54) is 25.7 Å². The van der Waals surface area contributed by atoms with Gasteiger partial charge in [0.25, 0.3) is 5.56 Å². The van der Waals surface area contributed by atoms with Gasteiger partial charge in [-0.05, 0) is 57.4 Å². The molecule has 0 spiro atoms. The molecule has 2 aromatic heterocycles. The van der Waals surface area contributed by atoms with Gasteiger partial charge >= 0.3 is 6.03 Å². The van der Waals surface area contributed by atoms with Crippen LogP contribution < -0.4 is 21.5 Å². The van der Waals surface area contributed by atoms with E-state index < -0.39 is 0 Å². The number of aromatic nitrogens is 3. The highest BCUT2D eigenvalue weighted by molar-refractivity contribution is 5.75. The molecule has 8 nitrogen and oxygen atoms in total.